The number of rotatable bonds is 2. The van der Waals surface area contributed by atoms with Crippen molar-refractivity contribution in [3.63, 3.8) is 0 Å². The maximum Gasteiger partial charge on any atom is 0.136 e. The molecule has 1 unspecified atom stereocenters. The van der Waals surface area contributed by atoms with Crippen LogP contribution < -0.4 is 0 Å². The lowest BCUT2D eigenvalue weighted by Crippen LogP contribution is -2.10. The second-order valence-electron chi connectivity index (χ2n) is 12.3. The predicted octanol–water partition coefficient (Wildman–Crippen LogP) is 11.6. The molecule has 220 valence electrons. The quantitative estimate of drug-likeness (QED) is 0.194. The number of aliphatic imine (C=N–C) groups is 1. The van der Waals surface area contributed by atoms with E-state index in [4.69, 9.17) is 9.41 Å². The first-order chi connectivity index (χ1) is 23.3. The van der Waals surface area contributed by atoms with Crippen LogP contribution in [0.1, 0.15) is 17.2 Å². The fourth-order valence-corrected chi connectivity index (χ4v) is 7.46. The minimum atomic E-state index is -0.205. The number of para-hydroxylation sites is 1. The first-order valence-corrected chi connectivity index (χ1v) is 16.1. The molecule has 1 atom stereocenters. The maximum atomic E-state index is 6.35. The van der Waals surface area contributed by atoms with E-state index in [-0.39, 0.29) is 6.04 Å². The Hall–Kier alpha value is -6.19. The van der Waals surface area contributed by atoms with Crippen LogP contribution in [0.3, 0.4) is 0 Å². The summed E-state index contributed by atoms with van der Waals surface area (Å²) in [6.45, 7) is 0. The van der Waals surface area contributed by atoms with E-state index >= 15 is 0 Å². The summed E-state index contributed by atoms with van der Waals surface area (Å²) in [5.74, 6) is 0.905. The topological polar surface area (TPSA) is 30.4 Å². The number of allylic oxidation sites excluding steroid dienone is 3. The molecule has 0 spiro atoms. The third kappa shape index (κ3) is 4.03. The molecule has 9 aromatic rings. The van der Waals surface area contributed by atoms with Gasteiger partial charge in [-0.25, -0.2) is 0 Å². The van der Waals surface area contributed by atoms with Crippen molar-refractivity contribution >= 4 is 76.7 Å². The number of aromatic nitrogens is 1. The predicted molar refractivity (Wildman–Crippen MR) is 197 cm³/mol. The van der Waals surface area contributed by atoms with Gasteiger partial charge in [0.05, 0.1) is 17.1 Å². The lowest BCUT2D eigenvalue weighted by molar-refractivity contribution is 0.669. The molecule has 10 rings (SSSR count). The Kier molecular flexibility index (Phi) is 5.64. The van der Waals surface area contributed by atoms with E-state index in [1.54, 1.807) is 0 Å². The van der Waals surface area contributed by atoms with Gasteiger partial charge < -0.3 is 4.42 Å². The molecular formula is C44H28N2O. The van der Waals surface area contributed by atoms with Crippen molar-refractivity contribution in [2.75, 3.05) is 0 Å². The van der Waals surface area contributed by atoms with Gasteiger partial charge in [0.25, 0.3) is 0 Å². The van der Waals surface area contributed by atoms with Crippen LogP contribution in [0, 0.1) is 0 Å². The van der Waals surface area contributed by atoms with Gasteiger partial charge in [0.1, 0.15) is 17.0 Å². The van der Waals surface area contributed by atoms with Gasteiger partial charge in [-0.2, -0.15) is 0 Å². The summed E-state index contributed by atoms with van der Waals surface area (Å²) >= 11 is 0. The average molecular weight is 601 g/mol. The molecular weight excluding hydrogens is 572 g/mol. The van der Waals surface area contributed by atoms with Crippen LogP contribution in [0.2, 0.25) is 0 Å². The molecule has 3 nitrogen and oxygen atoms in total. The molecule has 0 aliphatic carbocycles. The zero-order chi connectivity index (χ0) is 30.9. The Labute approximate surface area is 271 Å². The van der Waals surface area contributed by atoms with Crippen molar-refractivity contribution in [1.29, 1.82) is 0 Å². The normalized spacial score (nSPS) is 15.2. The number of nitrogens with zero attached hydrogens (tertiary/aromatic N) is 2. The van der Waals surface area contributed by atoms with Crippen molar-refractivity contribution in [3.05, 3.63) is 175 Å². The first kappa shape index (κ1) is 26.1. The highest BCUT2D eigenvalue weighted by Crippen LogP contribution is 2.39. The molecule has 47 heavy (non-hydrogen) atoms. The summed E-state index contributed by atoms with van der Waals surface area (Å²) in [5, 5.41) is 9.64. The standard InChI is InChI=1S/C44H28N2O/c1-2-10-28(11-3-1)31-18-22-37(32-21-24-40-36(26-32)44-34-15-7-5-13-30(34)20-25-41(44)47-40)45-42(27-31)46-38-17-9-8-16-35(38)43-33-14-6-4-12-29(33)19-23-39(43)46/h1-27,37H. The van der Waals surface area contributed by atoms with Crippen LogP contribution >= 0.6 is 0 Å². The molecule has 0 N–H and O–H groups in total. The van der Waals surface area contributed by atoms with Gasteiger partial charge >= 0.3 is 0 Å². The summed E-state index contributed by atoms with van der Waals surface area (Å²) in [6.07, 6.45) is 6.70. The molecule has 0 bridgehead atoms. The zero-order valence-corrected chi connectivity index (χ0v) is 25.5. The second-order valence-corrected chi connectivity index (χ2v) is 12.3. The van der Waals surface area contributed by atoms with E-state index in [2.05, 4.69) is 168 Å². The van der Waals surface area contributed by atoms with E-state index in [0.717, 1.165) is 55.5 Å². The Bertz CT molecular complexity index is 2790. The summed E-state index contributed by atoms with van der Waals surface area (Å²) in [4.78, 5) is 5.56. The fourth-order valence-electron chi connectivity index (χ4n) is 7.46. The molecule has 3 heteroatoms. The molecule has 1 aliphatic heterocycles. The molecule has 0 saturated heterocycles. The molecule has 7 aromatic carbocycles. The van der Waals surface area contributed by atoms with E-state index in [1.165, 1.54) is 32.3 Å². The summed E-state index contributed by atoms with van der Waals surface area (Å²) < 4.78 is 8.69. The minimum absolute atomic E-state index is 0.205. The number of hydrogen-bond donors (Lipinski definition) is 0. The van der Waals surface area contributed by atoms with Crippen LogP contribution in [0.15, 0.2) is 173 Å². The van der Waals surface area contributed by atoms with Crippen molar-refractivity contribution in [2.45, 2.75) is 6.04 Å². The van der Waals surface area contributed by atoms with Crippen LogP contribution in [0.5, 0.6) is 0 Å². The monoisotopic (exact) mass is 600 g/mol. The minimum Gasteiger partial charge on any atom is -0.456 e. The van der Waals surface area contributed by atoms with Gasteiger partial charge in [0.2, 0.25) is 0 Å². The third-order valence-electron chi connectivity index (χ3n) is 9.64. The van der Waals surface area contributed by atoms with Gasteiger partial charge in [0.15, 0.2) is 0 Å². The summed E-state index contributed by atoms with van der Waals surface area (Å²) in [6, 6.07) is 51.5. The molecule has 0 radical (unpaired) electrons. The number of fused-ring (bicyclic) bond motifs is 10. The molecule has 0 saturated carbocycles. The summed E-state index contributed by atoms with van der Waals surface area (Å²) in [7, 11) is 0. The van der Waals surface area contributed by atoms with E-state index in [0.29, 0.717) is 0 Å². The number of hydrogen-bond acceptors (Lipinski definition) is 2. The van der Waals surface area contributed by atoms with Crippen LogP contribution in [-0.4, -0.2) is 10.4 Å². The number of benzene rings is 7. The van der Waals surface area contributed by atoms with Crippen LogP contribution in [0.4, 0.5) is 0 Å². The zero-order valence-electron chi connectivity index (χ0n) is 25.5. The third-order valence-corrected chi connectivity index (χ3v) is 9.64. The molecule has 1 aliphatic rings. The molecule has 2 aromatic heterocycles. The second kappa shape index (κ2) is 10.2. The SMILES string of the molecule is C1=CC(c2ccc3oc4ccc5ccccc5c4c3c2)N=C(n2c3ccccc3c3c4ccccc4ccc32)C=C1c1ccccc1. The Morgan fingerprint density at radius 3 is 2.04 bits per heavy atom. The van der Waals surface area contributed by atoms with Gasteiger partial charge in [0, 0.05) is 21.5 Å². The highest BCUT2D eigenvalue weighted by Gasteiger charge is 2.21. The Balaban J connectivity index is 1.24. The van der Waals surface area contributed by atoms with Gasteiger partial charge in [-0.05, 0) is 74.7 Å². The van der Waals surface area contributed by atoms with Crippen molar-refractivity contribution < 1.29 is 4.42 Å². The van der Waals surface area contributed by atoms with E-state index < -0.39 is 0 Å². The first-order valence-electron chi connectivity index (χ1n) is 16.1. The fraction of sp³-hybridized carbons (Fsp3) is 0.0227. The number of furan rings is 1. The van der Waals surface area contributed by atoms with E-state index in [9.17, 15) is 0 Å². The molecule has 0 amide bonds. The maximum absolute atomic E-state index is 6.35. The lowest BCUT2D eigenvalue weighted by Gasteiger charge is -2.13. The van der Waals surface area contributed by atoms with E-state index in [1.807, 2.05) is 0 Å². The largest absolute Gasteiger partial charge is 0.456 e. The summed E-state index contributed by atoms with van der Waals surface area (Å²) in [5.41, 5.74) is 7.49. The highest BCUT2D eigenvalue weighted by molar-refractivity contribution is 6.25. The smallest absolute Gasteiger partial charge is 0.136 e. The van der Waals surface area contributed by atoms with Crippen molar-refractivity contribution in [3.8, 4) is 0 Å². The molecule has 0 fully saturated rings. The molecule has 3 heterocycles. The Morgan fingerprint density at radius 1 is 0.532 bits per heavy atom. The van der Waals surface area contributed by atoms with Gasteiger partial charge in [-0.1, -0.05) is 127 Å². The van der Waals surface area contributed by atoms with Crippen molar-refractivity contribution in [1.82, 2.24) is 4.57 Å². The van der Waals surface area contributed by atoms with Crippen LogP contribution in [0.25, 0.3) is 70.9 Å². The lowest BCUT2D eigenvalue weighted by atomic mass is 9.99. The average Bonchev–Trinajstić information content (AvgIpc) is 3.59. The highest BCUT2D eigenvalue weighted by atomic mass is 16.3. The van der Waals surface area contributed by atoms with Gasteiger partial charge in [-0.15, -0.1) is 0 Å². The van der Waals surface area contributed by atoms with Crippen molar-refractivity contribution in [2.24, 2.45) is 4.99 Å². The van der Waals surface area contributed by atoms with Crippen LogP contribution in [-0.2, 0) is 0 Å². The van der Waals surface area contributed by atoms with Gasteiger partial charge in [-0.3, -0.25) is 9.56 Å². The Morgan fingerprint density at radius 2 is 1.21 bits per heavy atom.